The highest BCUT2D eigenvalue weighted by Gasteiger charge is 2.12. The van der Waals surface area contributed by atoms with Crippen molar-refractivity contribution < 1.29 is 9.66 Å². The lowest BCUT2D eigenvalue weighted by molar-refractivity contribution is -0.385. The van der Waals surface area contributed by atoms with Crippen LogP contribution in [-0.4, -0.2) is 19.7 Å². The van der Waals surface area contributed by atoms with Gasteiger partial charge >= 0.3 is 0 Å². The van der Waals surface area contributed by atoms with Gasteiger partial charge in [-0.15, -0.1) is 10.2 Å². The van der Waals surface area contributed by atoms with Gasteiger partial charge in [-0.25, -0.2) is 0 Å². The molecule has 2 aromatic rings. The average Bonchev–Trinajstić information content (AvgIpc) is 2.69. The largest absolute Gasteiger partial charge is 0.484 e. The van der Waals surface area contributed by atoms with Gasteiger partial charge in [0, 0.05) is 13.1 Å². The summed E-state index contributed by atoms with van der Waals surface area (Å²) < 4.78 is 7.98. The Kier molecular flexibility index (Phi) is 3.79. The monoisotopic (exact) mass is 326 g/mol. The molecular formula is C11H11BrN4O3. The number of hydrogen-bond acceptors (Lipinski definition) is 5. The van der Waals surface area contributed by atoms with Crippen LogP contribution < -0.4 is 4.74 Å². The predicted molar refractivity (Wildman–Crippen MR) is 70.9 cm³/mol. The van der Waals surface area contributed by atoms with Crippen LogP contribution in [0.2, 0.25) is 0 Å². The maximum atomic E-state index is 10.7. The second-order valence-corrected chi connectivity index (χ2v) is 4.74. The van der Waals surface area contributed by atoms with Crippen molar-refractivity contribution in [2.75, 3.05) is 0 Å². The van der Waals surface area contributed by atoms with Gasteiger partial charge in [0.05, 0.1) is 15.5 Å². The van der Waals surface area contributed by atoms with E-state index in [2.05, 4.69) is 26.1 Å². The Hall–Kier alpha value is -1.96. The molecule has 100 valence electrons. The van der Waals surface area contributed by atoms with E-state index in [1.807, 2.05) is 14.0 Å². The van der Waals surface area contributed by atoms with Crippen LogP contribution in [0, 0.1) is 17.0 Å². The minimum absolute atomic E-state index is 0.0210. The van der Waals surface area contributed by atoms with E-state index in [0.717, 1.165) is 5.82 Å². The standard InChI is InChI=1S/C11H11BrN4O3/c1-7-13-14-11(15(7)2)6-19-10-5-8(16(17)18)3-4-9(10)12/h3-5H,6H2,1-2H3. The van der Waals surface area contributed by atoms with Gasteiger partial charge in [0.1, 0.15) is 18.2 Å². The molecule has 1 heterocycles. The molecule has 0 spiro atoms. The third-order valence-electron chi connectivity index (χ3n) is 2.67. The molecule has 0 fully saturated rings. The van der Waals surface area contributed by atoms with Crippen molar-refractivity contribution in [3.63, 3.8) is 0 Å². The molecule has 0 saturated carbocycles. The van der Waals surface area contributed by atoms with Crippen LogP contribution in [-0.2, 0) is 13.7 Å². The van der Waals surface area contributed by atoms with Gasteiger partial charge in [-0.05, 0) is 28.9 Å². The van der Waals surface area contributed by atoms with Crippen LogP contribution in [0.15, 0.2) is 22.7 Å². The van der Waals surface area contributed by atoms with Gasteiger partial charge in [0.2, 0.25) is 0 Å². The lowest BCUT2D eigenvalue weighted by Gasteiger charge is -2.07. The number of nitrogens with zero attached hydrogens (tertiary/aromatic N) is 4. The van der Waals surface area contributed by atoms with E-state index in [-0.39, 0.29) is 12.3 Å². The number of aromatic nitrogens is 3. The van der Waals surface area contributed by atoms with Crippen molar-refractivity contribution in [2.45, 2.75) is 13.5 Å². The van der Waals surface area contributed by atoms with Gasteiger partial charge in [0.25, 0.3) is 5.69 Å². The summed E-state index contributed by atoms with van der Waals surface area (Å²) >= 11 is 3.29. The summed E-state index contributed by atoms with van der Waals surface area (Å²) in [5, 5.41) is 18.6. The van der Waals surface area contributed by atoms with E-state index < -0.39 is 4.92 Å². The minimum Gasteiger partial charge on any atom is -0.484 e. The van der Waals surface area contributed by atoms with E-state index >= 15 is 0 Å². The van der Waals surface area contributed by atoms with Crippen molar-refractivity contribution in [1.82, 2.24) is 14.8 Å². The first-order valence-corrected chi connectivity index (χ1v) is 6.20. The third-order valence-corrected chi connectivity index (χ3v) is 3.32. The fourth-order valence-corrected chi connectivity index (χ4v) is 1.80. The molecule has 0 atom stereocenters. The summed E-state index contributed by atoms with van der Waals surface area (Å²) in [7, 11) is 1.83. The van der Waals surface area contributed by atoms with E-state index in [0.29, 0.717) is 16.0 Å². The second-order valence-electron chi connectivity index (χ2n) is 3.88. The molecule has 0 saturated heterocycles. The molecule has 2 rings (SSSR count). The summed E-state index contributed by atoms with van der Waals surface area (Å²) in [6.45, 7) is 2.02. The maximum Gasteiger partial charge on any atom is 0.273 e. The fourth-order valence-electron chi connectivity index (χ4n) is 1.44. The van der Waals surface area contributed by atoms with Crippen molar-refractivity contribution >= 4 is 21.6 Å². The Morgan fingerprint density at radius 3 is 2.79 bits per heavy atom. The predicted octanol–water partition coefficient (Wildman–Crippen LogP) is 2.37. The van der Waals surface area contributed by atoms with Gasteiger partial charge in [-0.2, -0.15) is 0 Å². The molecule has 0 aliphatic rings. The molecule has 0 aliphatic carbocycles. The molecule has 19 heavy (non-hydrogen) atoms. The number of ether oxygens (including phenoxy) is 1. The van der Waals surface area contributed by atoms with Gasteiger partial charge in [0.15, 0.2) is 5.82 Å². The Bertz CT molecular complexity index is 626. The number of benzene rings is 1. The summed E-state index contributed by atoms with van der Waals surface area (Å²) in [6.07, 6.45) is 0. The van der Waals surface area contributed by atoms with Gasteiger partial charge in [-0.1, -0.05) is 0 Å². The lowest BCUT2D eigenvalue weighted by atomic mass is 10.3. The van der Waals surface area contributed by atoms with Crippen molar-refractivity contribution in [2.24, 2.45) is 7.05 Å². The molecule has 1 aromatic carbocycles. The smallest absolute Gasteiger partial charge is 0.273 e. The summed E-state index contributed by atoms with van der Waals surface area (Å²) in [6, 6.07) is 4.35. The molecule has 7 nitrogen and oxygen atoms in total. The summed E-state index contributed by atoms with van der Waals surface area (Å²) in [5.74, 6) is 1.82. The zero-order chi connectivity index (χ0) is 14.0. The molecule has 0 radical (unpaired) electrons. The Labute approximate surface area is 117 Å². The van der Waals surface area contributed by atoms with Gasteiger partial charge < -0.3 is 9.30 Å². The lowest BCUT2D eigenvalue weighted by Crippen LogP contribution is -2.05. The zero-order valence-electron chi connectivity index (χ0n) is 10.3. The molecule has 1 aromatic heterocycles. The quantitative estimate of drug-likeness (QED) is 0.636. The SMILES string of the molecule is Cc1nnc(COc2cc([N+](=O)[O-])ccc2Br)n1C. The number of rotatable bonds is 4. The van der Waals surface area contributed by atoms with E-state index in [9.17, 15) is 10.1 Å². The molecular weight excluding hydrogens is 316 g/mol. The Morgan fingerprint density at radius 1 is 1.47 bits per heavy atom. The van der Waals surface area contributed by atoms with E-state index in [1.165, 1.54) is 12.1 Å². The van der Waals surface area contributed by atoms with E-state index in [4.69, 9.17) is 4.74 Å². The van der Waals surface area contributed by atoms with Crippen LogP contribution in [0.3, 0.4) is 0 Å². The number of nitro groups is 1. The molecule has 0 amide bonds. The molecule has 0 bridgehead atoms. The highest BCUT2D eigenvalue weighted by atomic mass is 79.9. The van der Waals surface area contributed by atoms with Crippen molar-refractivity contribution in [3.05, 3.63) is 44.4 Å². The van der Waals surface area contributed by atoms with Crippen molar-refractivity contribution in [3.8, 4) is 5.75 Å². The highest BCUT2D eigenvalue weighted by Crippen LogP contribution is 2.29. The first-order valence-electron chi connectivity index (χ1n) is 5.40. The number of hydrogen-bond donors (Lipinski definition) is 0. The normalized spacial score (nSPS) is 10.5. The molecule has 0 N–H and O–H groups in total. The van der Waals surface area contributed by atoms with Crippen LogP contribution in [0.5, 0.6) is 5.75 Å². The van der Waals surface area contributed by atoms with Crippen LogP contribution in [0.1, 0.15) is 11.6 Å². The number of non-ortho nitro benzene ring substituents is 1. The number of aryl methyl sites for hydroxylation is 1. The maximum absolute atomic E-state index is 10.7. The van der Waals surface area contributed by atoms with Crippen LogP contribution >= 0.6 is 15.9 Å². The molecule has 8 heteroatoms. The summed E-state index contributed by atoms with van der Waals surface area (Å²) in [5.41, 5.74) is -0.0210. The first kappa shape index (κ1) is 13.5. The van der Waals surface area contributed by atoms with Gasteiger partial charge in [-0.3, -0.25) is 10.1 Å². The van der Waals surface area contributed by atoms with Crippen LogP contribution in [0.25, 0.3) is 0 Å². The zero-order valence-corrected chi connectivity index (χ0v) is 11.9. The topological polar surface area (TPSA) is 83.1 Å². The highest BCUT2D eigenvalue weighted by molar-refractivity contribution is 9.10. The van der Waals surface area contributed by atoms with Crippen LogP contribution in [0.4, 0.5) is 5.69 Å². The Morgan fingerprint density at radius 2 is 2.21 bits per heavy atom. The Balaban J connectivity index is 2.17. The minimum atomic E-state index is -0.466. The summed E-state index contributed by atoms with van der Waals surface area (Å²) in [4.78, 5) is 10.2. The van der Waals surface area contributed by atoms with Crippen molar-refractivity contribution in [1.29, 1.82) is 0 Å². The average molecular weight is 327 g/mol. The molecule has 0 aliphatic heterocycles. The number of halogens is 1. The van der Waals surface area contributed by atoms with E-state index in [1.54, 1.807) is 10.6 Å². The second kappa shape index (κ2) is 5.35. The number of nitro benzene ring substituents is 1. The molecule has 0 unspecified atom stereocenters. The third kappa shape index (κ3) is 2.90. The first-order chi connectivity index (χ1) is 8.99. The fraction of sp³-hybridized carbons (Fsp3) is 0.273.